The molecule has 1 aliphatic heterocycles. The number of ether oxygens (including phenoxy) is 2. The lowest BCUT2D eigenvalue weighted by Crippen LogP contribution is -2.42. The normalized spacial score (nSPS) is 15.3. The van der Waals surface area contributed by atoms with Gasteiger partial charge in [0.1, 0.15) is 5.75 Å². The summed E-state index contributed by atoms with van der Waals surface area (Å²) < 4.78 is 41.4. The SMILES string of the molecule is COc1ccc(-c2cn(-c3ccc(C(C)C)cc3)c(NC(=O)CN(C[C@H]3CCCO3)S(=O)(=O)c3ccc(C)cc3)n2)cc1. The zero-order valence-corrected chi connectivity index (χ0v) is 25.8. The Bertz CT molecular complexity index is 1640. The van der Waals surface area contributed by atoms with Crippen molar-refractivity contribution in [2.45, 2.75) is 50.5 Å². The highest BCUT2D eigenvalue weighted by Gasteiger charge is 2.31. The number of anilines is 1. The number of methoxy groups -OCH3 is 1. The van der Waals surface area contributed by atoms with E-state index in [4.69, 9.17) is 14.5 Å². The van der Waals surface area contributed by atoms with E-state index < -0.39 is 15.9 Å². The van der Waals surface area contributed by atoms with Gasteiger partial charge in [-0.3, -0.25) is 14.7 Å². The Kier molecular flexibility index (Phi) is 9.29. The third kappa shape index (κ3) is 7.15. The first-order chi connectivity index (χ1) is 20.6. The van der Waals surface area contributed by atoms with Gasteiger partial charge in [0.05, 0.1) is 30.3 Å². The summed E-state index contributed by atoms with van der Waals surface area (Å²) in [6.07, 6.45) is 3.19. The highest BCUT2D eigenvalue weighted by atomic mass is 32.2. The van der Waals surface area contributed by atoms with Crippen LogP contribution in [-0.2, 0) is 19.6 Å². The quantitative estimate of drug-likeness (QED) is 0.233. The van der Waals surface area contributed by atoms with Crippen molar-refractivity contribution in [3.63, 3.8) is 0 Å². The van der Waals surface area contributed by atoms with Gasteiger partial charge in [0.15, 0.2) is 0 Å². The maximum absolute atomic E-state index is 13.7. The predicted molar refractivity (Wildman–Crippen MR) is 167 cm³/mol. The van der Waals surface area contributed by atoms with E-state index in [0.717, 1.165) is 35.4 Å². The van der Waals surface area contributed by atoms with E-state index in [1.165, 1.54) is 9.87 Å². The number of aromatic nitrogens is 2. The number of rotatable bonds is 11. The topological polar surface area (TPSA) is 103 Å². The smallest absolute Gasteiger partial charge is 0.243 e. The third-order valence-corrected chi connectivity index (χ3v) is 9.42. The Hall–Kier alpha value is -3.99. The molecule has 5 rings (SSSR count). The first kappa shape index (κ1) is 30.5. The van der Waals surface area contributed by atoms with Crippen LogP contribution in [0, 0.1) is 6.92 Å². The molecule has 9 nitrogen and oxygen atoms in total. The average molecular weight is 603 g/mol. The van der Waals surface area contributed by atoms with Crippen molar-refractivity contribution in [1.82, 2.24) is 13.9 Å². The molecule has 1 fully saturated rings. The monoisotopic (exact) mass is 602 g/mol. The summed E-state index contributed by atoms with van der Waals surface area (Å²) in [7, 11) is -2.35. The number of aryl methyl sites for hydroxylation is 1. The van der Waals surface area contributed by atoms with Crippen LogP contribution in [0.15, 0.2) is 83.9 Å². The molecule has 1 amide bonds. The lowest BCUT2D eigenvalue weighted by molar-refractivity contribution is -0.116. The van der Waals surface area contributed by atoms with Crippen molar-refractivity contribution >= 4 is 21.9 Å². The fourth-order valence-electron chi connectivity index (χ4n) is 5.03. The minimum absolute atomic E-state index is 0.0891. The van der Waals surface area contributed by atoms with Gasteiger partial charge < -0.3 is 9.47 Å². The maximum Gasteiger partial charge on any atom is 0.243 e. The molecule has 226 valence electrons. The number of nitrogens with zero attached hydrogens (tertiary/aromatic N) is 3. The van der Waals surface area contributed by atoms with E-state index >= 15 is 0 Å². The van der Waals surface area contributed by atoms with E-state index in [1.54, 1.807) is 35.9 Å². The van der Waals surface area contributed by atoms with Gasteiger partial charge in [-0.15, -0.1) is 0 Å². The van der Waals surface area contributed by atoms with Gasteiger partial charge in [0.2, 0.25) is 21.9 Å². The van der Waals surface area contributed by atoms with E-state index in [1.807, 2.05) is 49.5 Å². The van der Waals surface area contributed by atoms with Crippen LogP contribution in [0.1, 0.15) is 43.7 Å². The Labute approximate surface area is 253 Å². The molecule has 4 aromatic rings. The zero-order valence-electron chi connectivity index (χ0n) is 25.0. The Balaban J connectivity index is 1.45. The fourth-order valence-corrected chi connectivity index (χ4v) is 6.46. The molecule has 1 atom stereocenters. The second-order valence-corrected chi connectivity index (χ2v) is 13.0. The van der Waals surface area contributed by atoms with Crippen molar-refractivity contribution in [2.75, 3.05) is 32.1 Å². The minimum atomic E-state index is -3.96. The number of hydrogen-bond acceptors (Lipinski definition) is 6. The molecule has 2 heterocycles. The number of amides is 1. The first-order valence-electron chi connectivity index (χ1n) is 14.5. The fraction of sp³-hybridized carbons (Fsp3) is 0.333. The van der Waals surface area contributed by atoms with Crippen molar-refractivity contribution < 1.29 is 22.7 Å². The van der Waals surface area contributed by atoms with E-state index in [0.29, 0.717) is 18.2 Å². The highest BCUT2D eigenvalue weighted by Crippen LogP contribution is 2.27. The number of hydrogen-bond donors (Lipinski definition) is 1. The summed E-state index contributed by atoms with van der Waals surface area (Å²) in [6, 6.07) is 22.2. The van der Waals surface area contributed by atoms with Crippen LogP contribution >= 0.6 is 0 Å². The van der Waals surface area contributed by atoms with Crippen LogP contribution in [0.3, 0.4) is 0 Å². The predicted octanol–water partition coefficient (Wildman–Crippen LogP) is 5.79. The van der Waals surface area contributed by atoms with Crippen LogP contribution in [0.25, 0.3) is 16.9 Å². The Morgan fingerprint density at radius 2 is 1.77 bits per heavy atom. The van der Waals surface area contributed by atoms with Gasteiger partial charge in [-0.25, -0.2) is 13.4 Å². The van der Waals surface area contributed by atoms with Crippen LogP contribution in [0.2, 0.25) is 0 Å². The van der Waals surface area contributed by atoms with Crippen molar-refractivity contribution in [3.05, 3.63) is 90.1 Å². The Morgan fingerprint density at radius 1 is 1.07 bits per heavy atom. The van der Waals surface area contributed by atoms with E-state index in [-0.39, 0.29) is 30.0 Å². The van der Waals surface area contributed by atoms with Gasteiger partial charge in [-0.1, -0.05) is 43.7 Å². The number of carbonyl (C=O) groups is 1. The van der Waals surface area contributed by atoms with E-state index in [2.05, 4.69) is 31.3 Å². The lowest BCUT2D eigenvalue weighted by atomic mass is 10.0. The van der Waals surface area contributed by atoms with Gasteiger partial charge in [-0.2, -0.15) is 4.31 Å². The summed E-state index contributed by atoms with van der Waals surface area (Å²) >= 11 is 0. The van der Waals surface area contributed by atoms with Crippen LogP contribution in [0.4, 0.5) is 5.95 Å². The van der Waals surface area contributed by atoms with Gasteiger partial charge >= 0.3 is 0 Å². The molecule has 0 saturated carbocycles. The van der Waals surface area contributed by atoms with Crippen molar-refractivity contribution in [2.24, 2.45) is 0 Å². The number of carbonyl (C=O) groups excluding carboxylic acids is 1. The largest absolute Gasteiger partial charge is 0.497 e. The molecule has 0 spiro atoms. The number of sulfonamides is 1. The molecule has 1 aliphatic rings. The lowest BCUT2D eigenvalue weighted by Gasteiger charge is -2.24. The second kappa shape index (κ2) is 13.1. The molecular weight excluding hydrogens is 564 g/mol. The summed E-state index contributed by atoms with van der Waals surface area (Å²) in [6.45, 7) is 6.45. The summed E-state index contributed by atoms with van der Waals surface area (Å²) in [5.41, 5.74) is 4.44. The highest BCUT2D eigenvalue weighted by molar-refractivity contribution is 7.89. The standard InChI is InChI=1S/C33H38N4O5S/c1-23(2)25-9-13-27(14-10-25)37-21-31(26-11-15-28(41-4)16-12-26)34-33(37)35-32(38)22-36(20-29-6-5-19-42-29)43(39,40)30-17-7-24(3)8-18-30/h7-18,21,23,29H,5-6,19-20,22H2,1-4H3,(H,34,35,38)/t29-/m1/s1. The molecule has 1 aromatic heterocycles. The molecule has 43 heavy (non-hydrogen) atoms. The van der Waals surface area contributed by atoms with Crippen molar-refractivity contribution in [3.8, 4) is 22.7 Å². The molecule has 0 radical (unpaired) electrons. The summed E-state index contributed by atoms with van der Waals surface area (Å²) in [4.78, 5) is 18.4. The molecule has 0 bridgehead atoms. The van der Waals surface area contributed by atoms with Gasteiger partial charge in [0.25, 0.3) is 0 Å². The maximum atomic E-state index is 13.7. The summed E-state index contributed by atoms with van der Waals surface area (Å²) in [5, 5.41) is 2.89. The van der Waals surface area contributed by atoms with Crippen LogP contribution in [0.5, 0.6) is 5.75 Å². The molecule has 0 unspecified atom stereocenters. The Morgan fingerprint density at radius 3 is 2.37 bits per heavy atom. The number of benzene rings is 3. The molecule has 0 aliphatic carbocycles. The molecule has 10 heteroatoms. The zero-order chi connectivity index (χ0) is 30.6. The molecule has 3 aromatic carbocycles. The van der Waals surface area contributed by atoms with Crippen LogP contribution < -0.4 is 10.1 Å². The second-order valence-electron chi connectivity index (χ2n) is 11.1. The van der Waals surface area contributed by atoms with Crippen molar-refractivity contribution in [1.29, 1.82) is 0 Å². The first-order valence-corrected chi connectivity index (χ1v) is 15.9. The molecule has 1 saturated heterocycles. The number of nitrogens with one attached hydrogen (secondary N) is 1. The minimum Gasteiger partial charge on any atom is -0.497 e. The number of imidazole rings is 1. The third-order valence-electron chi connectivity index (χ3n) is 7.59. The van der Waals surface area contributed by atoms with E-state index in [9.17, 15) is 13.2 Å². The van der Waals surface area contributed by atoms with Gasteiger partial charge in [-0.05, 0) is 79.8 Å². The average Bonchev–Trinajstić information content (AvgIpc) is 3.67. The molecular formula is C33H38N4O5S. The molecule has 1 N–H and O–H groups in total. The van der Waals surface area contributed by atoms with Crippen LogP contribution in [-0.4, -0.2) is 61.1 Å². The summed E-state index contributed by atoms with van der Waals surface area (Å²) in [5.74, 6) is 0.886. The van der Waals surface area contributed by atoms with Gasteiger partial charge in [0, 0.05) is 30.6 Å².